The molecule has 0 fully saturated rings. The van der Waals surface area contributed by atoms with Gasteiger partial charge >= 0.3 is 5.97 Å². The highest BCUT2D eigenvalue weighted by molar-refractivity contribution is 9.10. The van der Waals surface area contributed by atoms with Crippen LogP contribution in [0.2, 0.25) is 0 Å². The largest absolute Gasteiger partial charge is 0.481 e. The SMILES string of the molecule is CCc1nn(CC)c(CC(C(=O)O)C(C)C)c1Br. The molecule has 0 aliphatic heterocycles. The summed E-state index contributed by atoms with van der Waals surface area (Å²) in [6.07, 6.45) is 1.37. The van der Waals surface area contributed by atoms with E-state index in [1.165, 1.54) is 0 Å². The molecule has 1 aromatic heterocycles. The van der Waals surface area contributed by atoms with E-state index >= 15 is 0 Å². The molecule has 1 heterocycles. The average Bonchev–Trinajstić information content (AvgIpc) is 2.61. The second kappa shape index (κ2) is 6.36. The summed E-state index contributed by atoms with van der Waals surface area (Å²) >= 11 is 3.55. The summed E-state index contributed by atoms with van der Waals surface area (Å²) in [7, 11) is 0. The summed E-state index contributed by atoms with van der Waals surface area (Å²) in [6.45, 7) is 8.72. The lowest BCUT2D eigenvalue weighted by molar-refractivity contribution is -0.143. The molecule has 1 rings (SSSR count). The Morgan fingerprint density at radius 3 is 2.44 bits per heavy atom. The highest BCUT2D eigenvalue weighted by Gasteiger charge is 2.25. The Balaban J connectivity index is 3.08. The van der Waals surface area contributed by atoms with Gasteiger partial charge in [-0.25, -0.2) is 0 Å². The Labute approximate surface area is 117 Å². The van der Waals surface area contributed by atoms with E-state index in [0.717, 1.165) is 28.8 Å². The second-order valence-electron chi connectivity index (χ2n) is 4.77. The van der Waals surface area contributed by atoms with Crippen LogP contribution >= 0.6 is 15.9 Å². The lowest BCUT2D eigenvalue weighted by Crippen LogP contribution is -2.23. The minimum absolute atomic E-state index is 0.111. The van der Waals surface area contributed by atoms with Gasteiger partial charge in [-0.05, 0) is 35.2 Å². The quantitative estimate of drug-likeness (QED) is 0.877. The maximum Gasteiger partial charge on any atom is 0.307 e. The van der Waals surface area contributed by atoms with Crippen molar-refractivity contribution in [1.82, 2.24) is 9.78 Å². The van der Waals surface area contributed by atoms with Gasteiger partial charge in [0.25, 0.3) is 0 Å². The Hall–Kier alpha value is -0.840. The van der Waals surface area contributed by atoms with E-state index in [4.69, 9.17) is 0 Å². The fraction of sp³-hybridized carbons (Fsp3) is 0.692. The number of nitrogens with zero attached hydrogens (tertiary/aromatic N) is 2. The van der Waals surface area contributed by atoms with Gasteiger partial charge in [-0.15, -0.1) is 0 Å². The van der Waals surface area contributed by atoms with E-state index < -0.39 is 5.97 Å². The third kappa shape index (κ3) is 3.13. The van der Waals surface area contributed by atoms with Gasteiger partial charge in [0.05, 0.1) is 21.8 Å². The normalized spacial score (nSPS) is 13.0. The van der Waals surface area contributed by atoms with Gasteiger partial charge in [-0.1, -0.05) is 20.8 Å². The van der Waals surface area contributed by atoms with Crippen LogP contribution in [0.3, 0.4) is 0 Å². The first-order valence-corrected chi connectivity index (χ1v) is 7.18. The number of hydrogen-bond donors (Lipinski definition) is 1. The lowest BCUT2D eigenvalue weighted by Gasteiger charge is -2.17. The highest BCUT2D eigenvalue weighted by atomic mass is 79.9. The standard InChI is InChI=1S/C13H21BrN2O2/c1-5-10-12(14)11(16(6-2)15-10)7-9(8(3)4)13(17)18/h8-9H,5-7H2,1-4H3,(H,17,18). The van der Waals surface area contributed by atoms with Crippen molar-refractivity contribution in [3.05, 3.63) is 15.9 Å². The number of aliphatic carboxylic acids is 1. The number of carbonyl (C=O) groups is 1. The van der Waals surface area contributed by atoms with Gasteiger partial charge in [0, 0.05) is 13.0 Å². The molecule has 1 N–H and O–H groups in total. The van der Waals surface area contributed by atoms with Crippen LogP contribution in [-0.4, -0.2) is 20.9 Å². The van der Waals surface area contributed by atoms with Gasteiger partial charge in [0.2, 0.25) is 0 Å². The molecule has 0 radical (unpaired) electrons. The van der Waals surface area contributed by atoms with Crippen LogP contribution in [0.25, 0.3) is 0 Å². The predicted octanol–water partition coefficient (Wildman–Crippen LogP) is 3.13. The summed E-state index contributed by atoms with van der Waals surface area (Å²) in [4.78, 5) is 11.3. The smallest absolute Gasteiger partial charge is 0.307 e. The van der Waals surface area contributed by atoms with Crippen LogP contribution in [0.5, 0.6) is 0 Å². The monoisotopic (exact) mass is 316 g/mol. The van der Waals surface area contributed by atoms with Crippen LogP contribution in [-0.2, 0) is 24.2 Å². The van der Waals surface area contributed by atoms with Crippen molar-refractivity contribution in [2.24, 2.45) is 11.8 Å². The molecule has 5 heteroatoms. The summed E-state index contributed by atoms with van der Waals surface area (Å²) in [5, 5.41) is 13.8. The Kier molecular flexibility index (Phi) is 5.38. The van der Waals surface area contributed by atoms with Gasteiger partial charge in [0.1, 0.15) is 0 Å². The molecule has 0 amide bonds. The van der Waals surface area contributed by atoms with E-state index in [0.29, 0.717) is 6.42 Å². The van der Waals surface area contributed by atoms with E-state index in [-0.39, 0.29) is 11.8 Å². The first kappa shape index (κ1) is 15.2. The lowest BCUT2D eigenvalue weighted by atomic mass is 9.91. The van der Waals surface area contributed by atoms with Crippen LogP contribution in [0.4, 0.5) is 0 Å². The number of carboxylic acid groups (broad SMARTS) is 1. The number of rotatable bonds is 6. The van der Waals surface area contributed by atoms with Crippen molar-refractivity contribution < 1.29 is 9.90 Å². The first-order chi connectivity index (χ1) is 8.42. The van der Waals surface area contributed by atoms with Crippen molar-refractivity contribution in [1.29, 1.82) is 0 Å². The number of aromatic nitrogens is 2. The molecule has 1 unspecified atom stereocenters. The Morgan fingerprint density at radius 2 is 2.06 bits per heavy atom. The zero-order valence-corrected chi connectivity index (χ0v) is 13.0. The molecule has 18 heavy (non-hydrogen) atoms. The van der Waals surface area contributed by atoms with Gasteiger partial charge in [-0.2, -0.15) is 5.10 Å². The topological polar surface area (TPSA) is 55.1 Å². The van der Waals surface area contributed by atoms with Crippen molar-refractivity contribution in [3.63, 3.8) is 0 Å². The maximum atomic E-state index is 11.3. The maximum absolute atomic E-state index is 11.3. The molecular formula is C13H21BrN2O2. The molecule has 0 aromatic carbocycles. The average molecular weight is 317 g/mol. The Morgan fingerprint density at radius 1 is 1.44 bits per heavy atom. The highest BCUT2D eigenvalue weighted by Crippen LogP contribution is 2.27. The van der Waals surface area contributed by atoms with Gasteiger partial charge in [-0.3, -0.25) is 9.48 Å². The third-order valence-corrected chi connectivity index (χ3v) is 4.14. The van der Waals surface area contributed by atoms with Crippen LogP contribution < -0.4 is 0 Å². The molecule has 0 aliphatic rings. The van der Waals surface area contributed by atoms with Crippen molar-refractivity contribution in [3.8, 4) is 0 Å². The molecule has 0 spiro atoms. The molecule has 0 aliphatic carbocycles. The third-order valence-electron chi connectivity index (χ3n) is 3.23. The zero-order valence-electron chi connectivity index (χ0n) is 11.4. The summed E-state index contributed by atoms with van der Waals surface area (Å²) in [6, 6.07) is 0. The minimum atomic E-state index is -0.737. The van der Waals surface area contributed by atoms with Crippen molar-refractivity contribution in [2.75, 3.05) is 0 Å². The summed E-state index contributed by atoms with van der Waals surface area (Å²) in [5.74, 6) is -0.994. The van der Waals surface area contributed by atoms with Crippen molar-refractivity contribution >= 4 is 21.9 Å². The molecule has 102 valence electrons. The van der Waals surface area contributed by atoms with E-state index in [1.54, 1.807) is 0 Å². The van der Waals surface area contributed by atoms with E-state index in [1.807, 2.05) is 32.4 Å². The predicted molar refractivity (Wildman–Crippen MR) is 74.6 cm³/mol. The summed E-state index contributed by atoms with van der Waals surface area (Å²) < 4.78 is 2.88. The second-order valence-corrected chi connectivity index (χ2v) is 5.56. The molecule has 0 saturated heterocycles. The number of aryl methyl sites for hydroxylation is 2. The number of hydrogen-bond acceptors (Lipinski definition) is 2. The van der Waals surface area contributed by atoms with Crippen molar-refractivity contribution in [2.45, 2.75) is 47.1 Å². The zero-order chi connectivity index (χ0) is 13.9. The van der Waals surface area contributed by atoms with Crippen LogP contribution in [0.1, 0.15) is 39.1 Å². The molecule has 0 bridgehead atoms. The number of halogens is 1. The minimum Gasteiger partial charge on any atom is -0.481 e. The molecular weight excluding hydrogens is 296 g/mol. The van der Waals surface area contributed by atoms with E-state index in [2.05, 4.69) is 21.0 Å². The molecule has 0 saturated carbocycles. The first-order valence-electron chi connectivity index (χ1n) is 6.39. The van der Waals surface area contributed by atoms with Crippen LogP contribution in [0.15, 0.2) is 4.47 Å². The fourth-order valence-corrected chi connectivity index (χ4v) is 2.75. The van der Waals surface area contributed by atoms with E-state index in [9.17, 15) is 9.90 Å². The van der Waals surface area contributed by atoms with Gasteiger partial charge < -0.3 is 5.11 Å². The Bertz CT molecular complexity index is 427. The summed E-state index contributed by atoms with van der Waals surface area (Å²) in [5.41, 5.74) is 2.00. The van der Waals surface area contributed by atoms with Crippen LogP contribution in [0, 0.1) is 11.8 Å². The number of carboxylic acids is 1. The molecule has 1 atom stereocenters. The molecule has 1 aromatic rings. The fourth-order valence-electron chi connectivity index (χ4n) is 2.03. The van der Waals surface area contributed by atoms with Gasteiger partial charge in [0.15, 0.2) is 0 Å². The molecule has 4 nitrogen and oxygen atoms in total.